The highest BCUT2D eigenvalue weighted by molar-refractivity contribution is 5.78. The molecule has 25 heavy (non-hydrogen) atoms. The van der Waals surface area contributed by atoms with E-state index in [1.54, 1.807) is 6.33 Å². The highest BCUT2D eigenvalue weighted by atomic mass is 16.4. The Hall–Kier alpha value is -1.69. The smallest absolute Gasteiger partial charge is 0.313 e. The Morgan fingerprint density at radius 2 is 2.12 bits per heavy atom. The van der Waals surface area contributed by atoms with E-state index in [-0.39, 0.29) is 5.92 Å². The predicted octanol–water partition coefficient (Wildman–Crippen LogP) is 2.19. The standard InChI is InChI=1S/C19H28N4O2/c1-2-5-14-8-20-13-21-17(14)23-10-15-9-22(16-6-3-4-7-16)11-19(15,12-23)18(24)25/h8,13,15-16H,2-7,9-12H2,1H3,(H,24,25)/t15-,19-/m0/s1. The molecule has 0 radical (unpaired) electrons. The average molecular weight is 344 g/mol. The molecule has 0 unspecified atom stereocenters. The zero-order valence-electron chi connectivity index (χ0n) is 15.0. The zero-order chi connectivity index (χ0) is 17.4. The number of hydrogen-bond acceptors (Lipinski definition) is 5. The normalized spacial score (nSPS) is 30.1. The van der Waals surface area contributed by atoms with Crippen molar-refractivity contribution in [2.45, 2.75) is 51.5 Å². The number of anilines is 1. The summed E-state index contributed by atoms with van der Waals surface area (Å²) in [6, 6.07) is 0.602. The number of aromatic nitrogens is 2. The van der Waals surface area contributed by atoms with Crippen molar-refractivity contribution >= 4 is 11.8 Å². The molecule has 1 aromatic heterocycles. The first-order valence-electron chi connectivity index (χ1n) is 9.65. The van der Waals surface area contributed by atoms with Crippen molar-refractivity contribution in [2.24, 2.45) is 11.3 Å². The first kappa shape index (κ1) is 16.8. The van der Waals surface area contributed by atoms with E-state index in [1.165, 1.54) is 25.7 Å². The van der Waals surface area contributed by atoms with Crippen molar-refractivity contribution in [3.63, 3.8) is 0 Å². The van der Waals surface area contributed by atoms with Gasteiger partial charge in [0.05, 0.1) is 0 Å². The van der Waals surface area contributed by atoms with Crippen LogP contribution in [0.25, 0.3) is 0 Å². The van der Waals surface area contributed by atoms with Gasteiger partial charge in [-0.15, -0.1) is 0 Å². The molecular weight excluding hydrogens is 316 g/mol. The molecule has 0 amide bonds. The number of aryl methyl sites for hydroxylation is 1. The molecule has 4 rings (SSSR count). The van der Waals surface area contributed by atoms with Gasteiger partial charge in [0.25, 0.3) is 0 Å². The van der Waals surface area contributed by atoms with Gasteiger partial charge in [-0.3, -0.25) is 9.69 Å². The molecule has 2 saturated heterocycles. The third-order valence-corrected chi connectivity index (χ3v) is 6.49. The lowest BCUT2D eigenvalue weighted by Crippen LogP contribution is -2.42. The van der Waals surface area contributed by atoms with Crippen LogP contribution < -0.4 is 4.90 Å². The van der Waals surface area contributed by atoms with E-state index < -0.39 is 11.4 Å². The number of nitrogens with zero attached hydrogens (tertiary/aromatic N) is 4. The van der Waals surface area contributed by atoms with Crippen molar-refractivity contribution in [1.29, 1.82) is 0 Å². The number of carbonyl (C=O) groups is 1. The SMILES string of the molecule is CCCc1cncnc1N1C[C@@H]2CN(C3CCCC3)C[C@]2(C(=O)O)C1. The Bertz CT molecular complexity index is 646. The number of hydrogen-bond donors (Lipinski definition) is 1. The summed E-state index contributed by atoms with van der Waals surface area (Å²) in [6.45, 7) is 5.13. The molecule has 1 aromatic rings. The Labute approximate surface area is 149 Å². The van der Waals surface area contributed by atoms with E-state index >= 15 is 0 Å². The Kier molecular flexibility index (Phi) is 4.40. The maximum Gasteiger partial charge on any atom is 0.313 e. The van der Waals surface area contributed by atoms with Crippen LogP contribution in [0.15, 0.2) is 12.5 Å². The predicted molar refractivity (Wildman–Crippen MR) is 95.6 cm³/mol. The van der Waals surface area contributed by atoms with Crippen LogP contribution in [-0.4, -0.2) is 58.2 Å². The molecule has 3 aliphatic rings. The second-order valence-corrected chi connectivity index (χ2v) is 8.03. The van der Waals surface area contributed by atoms with Gasteiger partial charge in [-0.2, -0.15) is 0 Å². The van der Waals surface area contributed by atoms with Crippen molar-refractivity contribution < 1.29 is 9.90 Å². The van der Waals surface area contributed by atoms with E-state index in [2.05, 4.69) is 26.7 Å². The number of carboxylic acids is 1. The summed E-state index contributed by atoms with van der Waals surface area (Å²) in [7, 11) is 0. The van der Waals surface area contributed by atoms with Crippen LogP contribution in [0, 0.1) is 11.3 Å². The van der Waals surface area contributed by atoms with Gasteiger partial charge in [0.15, 0.2) is 0 Å². The number of carboxylic acid groups (broad SMARTS) is 1. The molecule has 2 atom stereocenters. The molecule has 3 fully saturated rings. The molecule has 1 N–H and O–H groups in total. The minimum Gasteiger partial charge on any atom is -0.481 e. The van der Waals surface area contributed by atoms with E-state index in [4.69, 9.17) is 0 Å². The van der Waals surface area contributed by atoms with Gasteiger partial charge in [-0.1, -0.05) is 26.2 Å². The third-order valence-electron chi connectivity index (χ3n) is 6.49. The van der Waals surface area contributed by atoms with Gasteiger partial charge in [0, 0.05) is 49.9 Å². The molecule has 0 aromatic carbocycles. The summed E-state index contributed by atoms with van der Waals surface area (Å²) in [6.07, 6.45) is 10.5. The van der Waals surface area contributed by atoms with Gasteiger partial charge < -0.3 is 10.0 Å². The first-order chi connectivity index (χ1) is 12.1. The summed E-state index contributed by atoms with van der Waals surface area (Å²) in [5.74, 6) is 0.501. The van der Waals surface area contributed by atoms with Crippen molar-refractivity contribution in [2.75, 3.05) is 31.1 Å². The maximum atomic E-state index is 12.3. The molecular formula is C19H28N4O2. The molecule has 2 aliphatic heterocycles. The number of aliphatic carboxylic acids is 1. The van der Waals surface area contributed by atoms with Crippen LogP contribution in [0.3, 0.4) is 0 Å². The highest BCUT2D eigenvalue weighted by Gasteiger charge is 2.58. The molecule has 1 saturated carbocycles. The second kappa shape index (κ2) is 6.56. The van der Waals surface area contributed by atoms with Crippen LogP contribution in [0.2, 0.25) is 0 Å². The van der Waals surface area contributed by atoms with Crippen LogP contribution in [0.4, 0.5) is 5.82 Å². The summed E-state index contributed by atoms with van der Waals surface area (Å²) < 4.78 is 0. The fourth-order valence-electron chi connectivity index (χ4n) is 5.20. The van der Waals surface area contributed by atoms with Crippen LogP contribution >= 0.6 is 0 Å². The van der Waals surface area contributed by atoms with E-state index in [0.717, 1.165) is 37.3 Å². The number of rotatable bonds is 5. The first-order valence-corrected chi connectivity index (χ1v) is 9.65. The summed E-state index contributed by atoms with van der Waals surface area (Å²) in [5.41, 5.74) is 0.495. The molecule has 136 valence electrons. The Morgan fingerprint density at radius 1 is 1.32 bits per heavy atom. The molecule has 1 aliphatic carbocycles. The van der Waals surface area contributed by atoms with Crippen LogP contribution in [0.1, 0.15) is 44.6 Å². The van der Waals surface area contributed by atoms with Gasteiger partial charge in [-0.05, 0) is 19.3 Å². The van der Waals surface area contributed by atoms with Crippen molar-refractivity contribution in [1.82, 2.24) is 14.9 Å². The van der Waals surface area contributed by atoms with E-state index in [0.29, 0.717) is 19.1 Å². The molecule has 3 heterocycles. The van der Waals surface area contributed by atoms with Crippen molar-refractivity contribution in [3.05, 3.63) is 18.1 Å². The Balaban J connectivity index is 1.57. The summed E-state index contributed by atoms with van der Waals surface area (Å²) in [5, 5.41) is 10.1. The van der Waals surface area contributed by atoms with Gasteiger partial charge in [0.1, 0.15) is 17.6 Å². The molecule has 0 bridgehead atoms. The minimum absolute atomic E-state index is 0.190. The van der Waals surface area contributed by atoms with Gasteiger partial charge in [0.2, 0.25) is 0 Å². The van der Waals surface area contributed by atoms with Gasteiger partial charge in [-0.25, -0.2) is 9.97 Å². The summed E-state index contributed by atoms with van der Waals surface area (Å²) in [4.78, 5) is 25.6. The van der Waals surface area contributed by atoms with Gasteiger partial charge >= 0.3 is 5.97 Å². The van der Waals surface area contributed by atoms with Crippen LogP contribution in [0.5, 0.6) is 0 Å². The van der Waals surface area contributed by atoms with Crippen molar-refractivity contribution in [3.8, 4) is 0 Å². The van der Waals surface area contributed by atoms with Crippen LogP contribution in [-0.2, 0) is 11.2 Å². The highest BCUT2D eigenvalue weighted by Crippen LogP contribution is 2.46. The largest absolute Gasteiger partial charge is 0.481 e. The number of fused-ring (bicyclic) bond motifs is 1. The van der Waals surface area contributed by atoms with E-state index in [9.17, 15) is 9.90 Å². The molecule has 6 heteroatoms. The zero-order valence-corrected chi connectivity index (χ0v) is 15.0. The number of likely N-dealkylation sites (tertiary alicyclic amines) is 1. The monoisotopic (exact) mass is 344 g/mol. The molecule has 6 nitrogen and oxygen atoms in total. The average Bonchev–Trinajstić information content (AvgIpc) is 3.29. The second-order valence-electron chi connectivity index (χ2n) is 8.03. The minimum atomic E-state index is -0.642. The lowest BCUT2D eigenvalue weighted by molar-refractivity contribution is -0.148. The quantitative estimate of drug-likeness (QED) is 0.883. The summed E-state index contributed by atoms with van der Waals surface area (Å²) >= 11 is 0. The fraction of sp³-hybridized carbons (Fsp3) is 0.737. The maximum absolute atomic E-state index is 12.3. The molecule has 0 spiro atoms. The lowest BCUT2D eigenvalue weighted by atomic mass is 9.81. The Morgan fingerprint density at radius 3 is 2.80 bits per heavy atom. The lowest BCUT2D eigenvalue weighted by Gasteiger charge is -2.29. The fourth-order valence-corrected chi connectivity index (χ4v) is 5.20. The topological polar surface area (TPSA) is 69.6 Å². The van der Waals surface area contributed by atoms with E-state index in [1.807, 2.05) is 6.20 Å². The third kappa shape index (κ3) is 2.80.